The van der Waals surface area contributed by atoms with Crippen molar-refractivity contribution in [2.45, 2.75) is 33.1 Å². The fourth-order valence-corrected chi connectivity index (χ4v) is 3.71. The molecule has 2 aromatic carbocycles. The molecule has 0 unspecified atom stereocenters. The zero-order valence-corrected chi connectivity index (χ0v) is 17.1. The molecule has 4 rings (SSSR count). The Morgan fingerprint density at radius 3 is 2.27 bits per heavy atom. The van der Waals surface area contributed by atoms with Gasteiger partial charge < -0.3 is 19.8 Å². The maximum Gasteiger partial charge on any atom is 0.272 e. The van der Waals surface area contributed by atoms with E-state index in [4.69, 9.17) is 9.47 Å². The second kappa shape index (κ2) is 8.45. The predicted molar refractivity (Wildman–Crippen MR) is 115 cm³/mol. The Bertz CT molecular complexity index is 1070. The topological polar surface area (TPSA) is 80.4 Å². The van der Waals surface area contributed by atoms with E-state index in [0.29, 0.717) is 41.5 Å². The molecule has 2 N–H and O–H groups in total. The Hall–Kier alpha value is -3.54. The molecule has 3 aromatic rings. The highest BCUT2D eigenvalue weighted by Gasteiger charge is 2.26. The molecule has 0 bridgehead atoms. The first-order valence-electron chi connectivity index (χ1n) is 10.1. The molecule has 0 saturated carbocycles. The van der Waals surface area contributed by atoms with Crippen LogP contribution in [-0.2, 0) is 6.42 Å². The lowest BCUT2D eigenvalue weighted by Crippen LogP contribution is -2.13. The maximum atomic E-state index is 12.7. The summed E-state index contributed by atoms with van der Waals surface area (Å²) in [6.07, 6.45) is 2.16. The van der Waals surface area contributed by atoms with Gasteiger partial charge in [-0.15, -0.1) is 0 Å². The molecular weight excluding hydrogens is 380 g/mol. The van der Waals surface area contributed by atoms with E-state index < -0.39 is 0 Å². The first-order chi connectivity index (χ1) is 14.5. The van der Waals surface area contributed by atoms with Crippen LogP contribution in [0.4, 0.5) is 5.69 Å². The zero-order valence-electron chi connectivity index (χ0n) is 17.1. The summed E-state index contributed by atoms with van der Waals surface area (Å²) in [7, 11) is 0. The van der Waals surface area contributed by atoms with Crippen LogP contribution in [0.15, 0.2) is 48.5 Å². The Morgan fingerprint density at radius 2 is 1.63 bits per heavy atom. The van der Waals surface area contributed by atoms with Crippen molar-refractivity contribution in [1.82, 2.24) is 4.98 Å². The number of carbonyl (C=O) groups excluding carboxylic acids is 2. The first-order valence-corrected chi connectivity index (χ1v) is 10.1. The van der Waals surface area contributed by atoms with E-state index in [2.05, 4.69) is 10.3 Å². The number of H-pyrrole nitrogens is 1. The Morgan fingerprint density at radius 1 is 1.00 bits per heavy atom. The molecule has 154 valence electrons. The van der Waals surface area contributed by atoms with Crippen molar-refractivity contribution in [2.24, 2.45) is 0 Å². The number of anilines is 1. The van der Waals surface area contributed by atoms with Gasteiger partial charge in [0.25, 0.3) is 5.91 Å². The highest BCUT2D eigenvalue weighted by molar-refractivity contribution is 6.08. The van der Waals surface area contributed by atoms with Gasteiger partial charge in [-0.3, -0.25) is 9.59 Å². The van der Waals surface area contributed by atoms with Gasteiger partial charge in [0.15, 0.2) is 5.78 Å². The highest BCUT2D eigenvalue weighted by Crippen LogP contribution is 2.28. The monoisotopic (exact) mass is 404 g/mol. The van der Waals surface area contributed by atoms with Crippen molar-refractivity contribution in [1.29, 1.82) is 0 Å². The number of rotatable bonds is 6. The van der Waals surface area contributed by atoms with Crippen LogP contribution in [0.3, 0.4) is 0 Å². The number of aromatic nitrogens is 1. The van der Waals surface area contributed by atoms with Crippen LogP contribution in [0, 0.1) is 6.92 Å². The van der Waals surface area contributed by atoms with E-state index in [-0.39, 0.29) is 11.7 Å². The number of carbonyl (C=O) groups is 2. The van der Waals surface area contributed by atoms with Gasteiger partial charge in [-0.25, -0.2) is 0 Å². The summed E-state index contributed by atoms with van der Waals surface area (Å²) in [5.74, 6) is 2.02. The van der Waals surface area contributed by atoms with Crippen molar-refractivity contribution >= 4 is 17.4 Å². The molecule has 6 nitrogen and oxygen atoms in total. The molecule has 0 spiro atoms. The van der Waals surface area contributed by atoms with Gasteiger partial charge in [-0.1, -0.05) is 0 Å². The third-order valence-corrected chi connectivity index (χ3v) is 5.15. The van der Waals surface area contributed by atoms with Crippen LogP contribution in [-0.4, -0.2) is 23.3 Å². The lowest BCUT2D eigenvalue weighted by atomic mass is 9.94. The number of aromatic amines is 1. The number of hydrogen-bond acceptors (Lipinski definition) is 4. The average Bonchev–Trinajstić information content (AvgIpc) is 3.09. The van der Waals surface area contributed by atoms with Crippen LogP contribution < -0.4 is 14.8 Å². The lowest BCUT2D eigenvalue weighted by molar-refractivity contribution is 0.0971. The molecule has 0 aliphatic heterocycles. The summed E-state index contributed by atoms with van der Waals surface area (Å²) in [5.41, 5.74) is 3.38. The molecule has 1 aromatic heterocycles. The van der Waals surface area contributed by atoms with Gasteiger partial charge in [0.1, 0.15) is 22.9 Å². The summed E-state index contributed by atoms with van der Waals surface area (Å²) < 4.78 is 11.3. The van der Waals surface area contributed by atoms with Crippen LogP contribution in [0.1, 0.15) is 51.9 Å². The summed E-state index contributed by atoms with van der Waals surface area (Å²) >= 11 is 0. The number of ketones is 1. The normalized spacial score (nSPS) is 12.9. The number of Topliss-reactive ketones (excluding diaryl/α,β-unsaturated/α-hetero) is 1. The van der Waals surface area contributed by atoms with E-state index >= 15 is 0 Å². The number of fused-ring (bicyclic) bond motifs is 1. The van der Waals surface area contributed by atoms with Gasteiger partial charge in [0.05, 0.1) is 6.61 Å². The van der Waals surface area contributed by atoms with Crippen molar-refractivity contribution in [3.8, 4) is 17.2 Å². The van der Waals surface area contributed by atoms with Crippen LogP contribution in [0.2, 0.25) is 0 Å². The molecular formula is C24H24N2O4. The van der Waals surface area contributed by atoms with Crippen molar-refractivity contribution in [2.75, 3.05) is 11.9 Å². The maximum absolute atomic E-state index is 12.7. The van der Waals surface area contributed by atoms with Crippen LogP contribution in [0.25, 0.3) is 0 Å². The molecule has 0 saturated heterocycles. The fraction of sp³-hybridized carbons (Fsp3) is 0.250. The quantitative estimate of drug-likeness (QED) is 0.585. The fourth-order valence-electron chi connectivity index (χ4n) is 3.71. The number of benzene rings is 2. The highest BCUT2D eigenvalue weighted by atomic mass is 16.5. The lowest BCUT2D eigenvalue weighted by Gasteiger charge is -2.09. The first kappa shape index (κ1) is 19.8. The molecule has 30 heavy (non-hydrogen) atoms. The van der Waals surface area contributed by atoms with Crippen molar-refractivity contribution in [3.05, 3.63) is 71.0 Å². The van der Waals surface area contributed by atoms with E-state index in [9.17, 15) is 9.59 Å². The minimum absolute atomic E-state index is 0.111. The number of amides is 1. The Balaban J connectivity index is 1.42. The van der Waals surface area contributed by atoms with Crippen molar-refractivity contribution in [3.63, 3.8) is 0 Å². The van der Waals surface area contributed by atoms with Crippen LogP contribution in [0.5, 0.6) is 17.2 Å². The smallest absolute Gasteiger partial charge is 0.272 e. The standard InChI is InChI=1S/C24H24N2O4/c1-3-29-17-11-13-19(14-12-17)30-18-9-7-16(8-10-18)25-24(28)23-15(2)22-20(26-23)5-4-6-21(22)27/h7-14,26H,3-6H2,1-2H3,(H,25,28). The summed E-state index contributed by atoms with van der Waals surface area (Å²) in [5, 5.41) is 2.88. The third-order valence-electron chi connectivity index (χ3n) is 5.15. The molecule has 1 amide bonds. The van der Waals surface area contributed by atoms with Gasteiger partial charge >= 0.3 is 0 Å². The average molecular weight is 404 g/mol. The molecule has 0 atom stereocenters. The van der Waals surface area contributed by atoms with E-state index in [1.807, 2.05) is 38.1 Å². The van der Waals surface area contributed by atoms with Gasteiger partial charge in [0, 0.05) is 23.4 Å². The molecule has 6 heteroatoms. The van der Waals surface area contributed by atoms with Gasteiger partial charge in [-0.05, 0) is 80.8 Å². The van der Waals surface area contributed by atoms with E-state index in [1.54, 1.807) is 24.3 Å². The van der Waals surface area contributed by atoms with Crippen molar-refractivity contribution < 1.29 is 19.1 Å². The SMILES string of the molecule is CCOc1ccc(Oc2ccc(NC(=O)c3[nH]c4c(c3C)C(=O)CCC4)cc2)cc1. The number of aryl methyl sites for hydroxylation is 1. The van der Waals surface area contributed by atoms with Gasteiger partial charge in [-0.2, -0.15) is 0 Å². The molecule has 1 aliphatic carbocycles. The minimum atomic E-state index is -0.255. The second-order valence-corrected chi connectivity index (χ2v) is 7.24. The third kappa shape index (κ3) is 4.08. The summed E-state index contributed by atoms with van der Waals surface area (Å²) in [6.45, 7) is 4.38. The second-order valence-electron chi connectivity index (χ2n) is 7.24. The number of nitrogens with one attached hydrogen (secondary N) is 2. The Kier molecular flexibility index (Phi) is 5.57. The predicted octanol–water partition coefficient (Wildman–Crippen LogP) is 5.29. The zero-order chi connectivity index (χ0) is 21.1. The Labute approximate surface area is 175 Å². The van der Waals surface area contributed by atoms with E-state index in [0.717, 1.165) is 29.8 Å². The van der Waals surface area contributed by atoms with E-state index in [1.165, 1.54) is 0 Å². The largest absolute Gasteiger partial charge is 0.494 e. The number of hydrogen-bond donors (Lipinski definition) is 2. The minimum Gasteiger partial charge on any atom is -0.494 e. The summed E-state index contributed by atoms with van der Waals surface area (Å²) in [4.78, 5) is 28.0. The molecule has 0 radical (unpaired) electrons. The summed E-state index contributed by atoms with van der Waals surface area (Å²) in [6, 6.07) is 14.6. The van der Waals surface area contributed by atoms with Gasteiger partial charge in [0.2, 0.25) is 0 Å². The molecule has 1 aliphatic rings. The van der Waals surface area contributed by atoms with Crippen LogP contribution >= 0.6 is 0 Å². The number of ether oxygens (including phenoxy) is 2. The molecule has 1 heterocycles. The molecule has 0 fully saturated rings.